The van der Waals surface area contributed by atoms with Crippen molar-refractivity contribution in [3.05, 3.63) is 22.7 Å². The van der Waals surface area contributed by atoms with E-state index in [9.17, 15) is 9.59 Å². The Labute approximate surface area is 132 Å². The molecule has 1 aromatic rings. The number of carbonyl (C=O) groups is 2. The number of rotatable bonds is 4. The van der Waals surface area contributed by atoms with Crippen LogP contribution < -0.4 is 14.8 Å². The van der Waals surface area contributed by atoms with E-state index < -0.39 is 11.5 Å². The number of nitrogens with one attached hydrogen (secondary N) is 1. The second-order valence-corrected chi connectivity index (χ2v) is 6.11. The normalized spacial score (nSPS) is 18.2. The number of amides is 1. The van der Waals surface area contributed by atoms with E-state index >= 15 is 0 Å². The van der Waals surface area contributed by atoms with Gasteiger partial charge in [-0.05, 0) is 25.0 Å². The summed E-state index contributed by atoms with van der Waals surface area (Å²) >= 11 is 6.08. The zero-order chi connectivity index (χ0) is 15.7. The molecule has 0 bridgehead atoms. The summed E-state index contributed by atoms with van der Waals surface area (Å²) in [4.78, 5) is 23.6. The monoisotopic (exact) mass is 325 g/mol. The zero-order valence-electron chi connectivity index (χ0n) is 11.9. The van der Waals surface area contributed by atoms with Crippen molar-refractivity contribution in [3.63, 3.8) is 0 Å². The molecule has 6 nitrogen and oxygen atoms in total. The Morgan fingerprint density at radius 3 is 2.68 bits per heavy atom. The molecule has 3 rings (SSSR count). The van der Waals surface area contributed by atoms with E-state index in [0.717, 1.165) is 12.8 Å². The predicted molar refractivity (Wildman–Crippen MR) is 78.5 cm³/mol. The van der Waals surface area contributed by atoms with E-state index in [1.165, 1.54) is 6.07 Å². The number of halogens is 1. The molecule has 2 N–H and O–H groups in total. The molecule has 0 atom stereocenters. The Morgan fingerprint density at radius 2 is 2.00 bits per heavy atom. The molecule has 1 fully saturated rings. The summed E-state index contributed by atoms with van der Waals surface area (Å²) in [7, 11) is 0. The SMILES string of the molecule is O=C(O)CC1(NC(=O)c2cc(Cl)c3c(c2)OCO3)CCCC1. The number of hydrogen-bond acceptors (Lipinski definition) is 4. The highest BCUT2D eigenvalue weighted by Crippen LogP contribution is 2.40. The lowest BCUT2D eigenvalue weighted by Crippen LogP contribution is -2.47. The highest BCUT2D eigenvalue weighted by atomic mass is 35.5. The van der Waals surface area contributed by atoms with Gasteiger partial charge in [0.2, 0.25) is 6.79 Å². The summed E-state index contributed by atoms with van der Waals surface area (Å²) in [5.41, 5.74) is -0.336. The molecule has 0 aromatic heterocycles. The van der Waals surface area contributed by atoms with E-state index in [0.29, 0.717) is 34.9 Å². The van der Waals surface area contributed by atoms with Gasteiger partial charge in [0.05, 0.1) is 17.0 Å². The van der Waals surface area contributed by atoms with Crippen LogP contribution in [0.25, 0.3) is 0 Å². The Hall–Kier alpha value is -1.95. The maximum absolute atomic E-state index is 12.5. The van der Waals surface area contributed by atoms with Crippen molar-refractivity contribution in [2.45, 2.75) is 37.6 Å². The fourth-order valence-corrected chi connectivity index (χ4v) is 3.36. The lowest BCUT2D eigenvalue weighted by molar-refractivity contribution is -0.138. The van der Waals surface area contributed by atoms with Crippen molar-refractivity contribution in [1.82, 2.24) is 5.32 Å². The first-order chi connectivity index (χ1) is 10.5. The van der Waals surface area contributed by atoms with Gasteiger partial charge in [-0.3, -0.25) is 9.59 Å². The van der Waals surface area contributed by atoms with Crippen LogP contribution in [-0.4, -0.2) is 29.3 Å². The van der Waals surface area contributed by atoms with Gasteiger partial charge < -0.3 is 19.9 Å². The summed E-state index contributed by atoms with van der Waals surface area (Å²) in [5.74, 6) is -0.398. The average molecular weight is 326 g/mol. The van der Waals surface area contributed by atoms with Crippen molar-refractivity contribution in [2.24, 2.45) is 0 Å². The molecule has 22 heavy (non-hydrogen) atoms. The van der Waals surface area contributed by atoms with Crippen LogP contribution in [0.3, 0.4) is 0 Å². The number of carboxylic acids is 1. The Balaban J connectivity index is 1.82. The fourth-order valence-electron chi connectivity index (χ4n) is 3.10. The molecule has 1 heterocycles. The number of carbonyl (C=O) groups excluding carboxylic acids is 1. The molecule has 0 unspecified atom stereocenters. The van der Waals surface area contributed by atoms with Gasteiger partial charge in [0.15, 0.2) is 11.5 Å². The van der Waals surface area contributed by atoms with Gasteiger partial charge in [-0.25, -0.2) is 0 Å². The number of ether oxygens (including phenoxy) is 2. The van der Waals surface area contributed by atoms with Crippen molar-refractivity contribution in [1.29, 1.82) is 0 Å². The molecule has 0 radical (unpaired) electrons. The highest BCUT2D eigenvalue weighted by molar-refractivity contribution is 6.32. The third-order valence-electron chi connectivity index (χ3n) is 4.12. The third-order valence-corrected chi connectivity index (χ3v) is 4.40. The largest absolute Gasteiger partial charge is 0.481 e. The fraction of sp³-hybridized carbons (Fsp3) is 0.467. The second-order valence-electron chi connectivity index (χ2n) is 5.70. The van der Waals surface area contributed by atoms with Gasteiger partial charge in [-0.1, -0.05) is 24.4 Å². The smallest absolute Gasteiger partial charge is 0.305 e. The van der Waals surface area contributed by atoms with Crippen molar-refractivity contribution in [3.8, 4) is 11.5 Å². The first kappa shape index (κ1) is 15.0. The molecule has 2 aliphatic rings. The van der Waals surface area contributed by atoms with Crippen molar-refractivity contribution in [2.75, 3.05) is 6.79 Å². The molecule has 1 saturated carbocycles. The lowest BCUT2D eigenvalue weighted by Gasteiger charge is -2.28. The molecular weight excluding hydrogens is 310 g/mol. The summed E-state index contributed by atoms with van der Waals surface area (Å²) < 4.78 is 10.5. The van der Waals surface area contributed by atoms with E-state index in [1.54, 1.807) is 6.07 Å². The molecule has 0 saturated heterocycles. The quantitative estimate of drug-likeness (QED) is 0.888. The molecule has 1 aliphatic heterocycles. The van der Waals surface area contributed by atoms with Crippen LogP contribution in [0.15, 0.2) is 12.1 Å². The van der Waals surface area contributed by atoms with Gasteiger partial charge in [-0.15, -0.1) is 0 Å². The standard InChI is InChI=1S/C15H16ClNO5/c16-10-5-9(6-11-13(10)22-8-21-11)14(20)17-15(7-12(18)19)3-1-2-4-15/h5-6H,1-4,7-8H2,(H,17,20)(H,18,19). The van der Waals surface area contributed by atoms with E-state index in [2.05, 4.69) is 5.32 Å². The number of benzene rings is 1. The van der Waals surface area contributed by atoms with E-state index in [-0.39, 0.29) is 19.1 Å². The highest BCUT2D eigenvalue weighted by Gasteiger charge is 2.38. The number of carboxylic acid groups (broad SMARTS) is 1. The summed E-state index contributed by atoms with van der Waals surface area (Å²) in [6.07, 6.45) is 3.09. The molecule has 1 amide bonds. The maximum Gasteiger partial charge on any atom is 0.305 e. The second kappa shape index (κ2) is 5.68. The first-order valence-corrected chi connectivity index (χ1v) is 7.50. The van der Waals surface area contributed by atoms with Crippen molar-refractivity contribution >= 4 is 23.5 Å². The van der Waals surface area contributed by atoms with Crippen LogP contribution >= 0.6 is 11.6 Å². The number of hydrogen-bond donors (Lipinski definition) is 2. The Bertz CT molecular complexity index is 625. The van der Waals surface area contributed by atoms with Gasteiger partial charge in [-0.2, -0.15) is 0 Å². The predicted octanol–water partition coefficient (Wildman–Crippen LogP) is 2.59. The minimum absolute atomic E-state index is 0.0724. The van der Waals surface area contributed by atoms with Crippen LogP contribution in [-0.2, 0) is 4.79 Å². The van der Waals surface area contributed by atoms with Crippen LogP contribution in [0.4, 0.5) is 0 Å². The zero-order valence-corrected chi connectivity index (χ0v) is 12.6. The van der Waals surface area contributed by atoms with Gasteiger partial charge in [0.1, 0.15) is 0 Å². The molecule has 118 valence electrons. The first-order valence-electron chi connectivity index (χ1n) is 7.13. The minimum Gasteiger partial charge on any atom is -0.481 e. The van der Waals surface area contributed by atoms with Crippen molar-refractivity contribution < 1.29 is 24.2 Å². The van der Waals surface area contributed by atoms with Crippen LogP contribution in [0.1, 0.15) is 42.5 Å². The number of aliphatic carboxylic acids is 1. The van der Waals surface area contributed by atoms with E-state index in [1.807, 2.05) is 0 Å². The molecule has 0 spiro atoms. The van der Waals surface area contributed by atoms with Crippen LogP contribution in [0.5, 0.6) is 11.5 Å². The third kappa shape index (κ3) is 2.83. The average Bonchev–Trinajstić information content (AvgIpc) is 3.07. The van der Waals surface area contributed by atoms with Crippen LogP contribution in [0.2, 0.25) is 5.02 Å². The summed E-state index contributed by atoms with van der Waals surface area (Å²) in [6.45, 7) is 0.0725. The Morgan fingerprint density at radius 1 is 1.27 bits per heavy atom. The van der Waals surface area contributed by atoms with E-state index in [4.69, 9.17) is 26.2 Å². The molecular formula is C15H16ClNO5. The number of fused-ring (bicyclic) bond motifs is 1. The summed E-state index contributed by atoms with van der Waals surface area (Å²) in [5, 5.41) is 12.3. The van der Waals surface area contributed by atoms with Gasteiger partial charge >= 0.3 is 5.97 Å². The topological polar surface area (TPSA) is 84.9 Å². The van der Waals surface area contributed by atoms with Gasteiger partial charge in [0.25, 0.3) is 5.91 Å². The lowest BCUT2D eigenvalue weighted by atomic mass is 9.92. The molecule has 7 heteroatoms. The minimum atomic E-state index is -0.911. The maximum atomic E-state index is 12.5. The summed E-state index contributed by atoms with van der Waals surface area (Å²) in [6, 6.07) is 3.07. The Kier molecular flexibility index (Phi) is 3.87. The van der Waals surface area contributed by atoms with Gasteiger partial charge in [0, 0.05) is 5.56 Å². The van der Waals surface area contributed by atoms with Crippen LogP contribution in [0, 0.1) is 0 Å². The molecule has 1 aromatic carbocycles. The molecule has 1 aliphatic carbocycles.